The first kappa shape index (κ1) is 13.6. The highest BCUT2D eigenvalue weighted by Gasteiger charge is 2.40. The van der Waals surface area contributed by atoms with Gasteiger partial charge in [0, 0.05) is 6.54 Å². The average Bonchev–Trinajstić information content (AvgIpc) is 2.79. The van der Waals surface area contributed by atoms with Crippen LogP contribution >= 0.6 is 0 Å². The molecule has 0 saturated heterocycles. The molecule has 0 spiro atoms. The van der Waals surface area contributed by atoms with E-state index in [4.69, 9.17) is 5.11 Å². The third-order valence-electron chi connectivity index (χ3n) is 3.76. The van der Waals surface area contributed by atoms with Crippen molar-refractivity contribution in [1.82, 2.24) is 5.32 Å². The molecule has 19 heavy (non-hydrogen) atoms. The minimum absolute atomic E-state index is 0.138. The van der Waals surface area contributed by atoms with Gasteiger partial charge in [-0.25, -0.2) is 0 Å². The van der Waals surface area contributed by atoms with Crippen LogP contribution in [0.3, 0.4) is 0 Å². The SMILES string of the molecule is CC1CC(C(=O)O)C(C(=O)NCc2ccccc2)C1. The lowest BCUT2D eigenvalue weighted by Crippen LogP contribution is -2.34. The Kier molecular flexibility index (Phi) is 4.20. The fourth-order valence-electron chi connectivity index (χ4n) is 2.77. The van der Waals surface area contributed by atoms with Gasteiger partial charge in [-0.3, -0.25) is 9.59 Å². The molecule has 0 aliphatic heterocycles. The number of carboxylic acid groups (broad SMARTS) is 1. The van der Waals surface area contributed by atoms with Crippen molar-refractivity contribution in [1.29, 1.82) is 0 Å². The van der Waals surface area contributed by atoms with E-state index < -0.39 is 17.8 Å². The Hall–Kier alpha value is -1.84. The lowest BCUT2D eigenvalue weighted by Gasteiger charge is -2.15. The van der Waals surface area contributed by atoms with Gasteiger partial charge in [-0.05, 0) is 24.3 Å². The third kappa shape index (κ3) is 3.34. The van der Waals surface area contributed by atoms with Crippen molar-refractivity contribution in [2.75, 3.05) is 0 Å². The number of rotatable bonds is 4. The maximum atomic E-state index is 12.1. The van der Waals surface area contributed by atoms with Crippen molar-refractivity contribution < 1.29 is 14.7 Å². The summed E-state index contributed by atoms with van der Waals surface area (Å²) in [6.07, 6.45) is 1.26. The van der Waals surface area contributed by atoms with Gasteiger partial charge in [0.25, 0.3) is 0 Å². The van der Waals surface area contributed by atoms with E-state index in [1.165, 1.54) is 0 Å². The van der Waals surface area contributed by atoms with Crippen molar-refractivity contribution in [2.24, 2.45) is 17.8 Å². The van der Waals surface area contributed by atoms with Gasteiger partial charge in [0.2, 0.25) is 5.91 Å². The monoisotopic (exact) mass is 261 g/mol. The summed E-state index contributed by atoms with van der Waals surface area (Å²) in [7, 11) is 0. The van der Waals surface area contributed by atoms with E-state index in [9.17, 15) is 9.59 Å². The Morgan fingerprint density at radius 1 is 1.21 bits per heavy atom. The van der Waals surface area contributed by atoms with Crippen molar-refractivity contribution in [3.8, 4) is 0 Å². The lowest BCUT2D eigenvalue weighted by atomic mass is 9.95. The molecule has 2 N–H and O–H groups in total. The van der Waals surface area contributed by atoms with E-state index in [-0.39, 0.29) is 5.91 Å². The minimum Gasteiger partial charge on any atom is -0.481 e. The first-order chi connectivity index (χ1) is 9.08. The van der Waals surface area contributed by atoms with Gasteiger partial charge >= 0.3 is 5.97 Å². The fraction of sp³-hybridized carbons (Fsp3) is 0.467. The second-order valence-electron chi connectivity index (χ2n) is 5.33. The molecule has 1 aromatic rings. The highest BCUT2D eigenvalue weighted by Crippen LogP contribution is 2.36. The molecule has 0 bridgehead atoms. The van der Waals surface area contributed by atoms with Gasteiger partial charge in [0.15, 0.2) is 0 Å². The Labute approximate surface area is 112 Å². The maximum Gasteiger partial charge on any atom is 0.307 e. The summed E-state index contributed by atoms with van der Waals surface area (Å²) in [6, 6.07) is 9.63. The fourth-order valence-corrected chi connectivity index (χ4v) is 2.77. The maximum absolute atomic E-state index is 12.1. The van der Waals surface area contributed by atoms with E-state index in [1.807, 2.05) is 37.3 Å². The first-order valence-electron chi connectivity index (χ1n) is 6.62. The number of carboxylic acids is 1. The summed E-state index contributed by atoms with van der Waals surface area (Å²) in [6.45, 7) is 2.46. The molecule has 1 aliphatic carbocycles. The van der Waals surface area contributed by atoms with Crippen LogP contribution in [-0.4, -0.2) is 17.0 Å². The van der Waals surface area contributed by atoms with E-state index >= 15 is 0 Å². The molecule has 0 aromatic heterocycles. The van der Waals surface area contributed by atoms with E-state index in [0.29, 0.717) is 25.3 Å². The van der Waals surface area contributed by atoms with Gasteiger partial charge in [0.1, 0.15) is 0 Å². The Morgan fingerprint density at radius 3 is 2.47 bits per heavy atom. The molecule has 1 aliphatic rings. The quantitative estimate of drug-likeness (QED) is 0.871. The summed E-state index contributed by atoms with van der Waals surface area (Å²) >= 11 is 0. The van der Waals surface area contributed by atoms with Crippen LogP contribution in [0.2, 0.25) is 0 Å². The molecule has 3 unspecified atom stereocenters. The molecule has 0 radical (unpaired) electrons. The minimum atomic E-state index is -0.857. The van der Waals surface area contributed by atoms with Crippen LogP contribution < -0.4 is 5.32 Å². The third-order valence-corrected chi connectivity index (χ3v) is 3.76. The summed E-state index contributed by atoms with van der Waals surface area (Å²) in [5, 5.41) is 12.0. The topological polar surface area (TPSA) is 66.4 Å². The Bertz CT molecular complexity index is 458. The van der Waals surface area contributed by atoms with Crippen LogP contribution in [0.1, 0.15) is 25.3 Å². The van der Waals surface area contributed by atoms with Crippen LogP contribution in [0.25, 0.3) is 0 Å². The highest BCUT2D eigenvalue weighted by molar-refractivity contribution is 5.85. The van der Waals surface area contributed by atoms with Crippen LogP contribution in [-0.2, 0) is 16.1 Å². The molecular formula is C15H19NO3. The zero-order valence-corrected chi connectivity index (χ0v) is 11.0. The largest absolute Gasteiger partial charge is 0.481 e. The molecule has 4 heteroatoms. The Balaban J connectivity index is 1.94. The second-order valence-corrected chi connectivity index (χ2v) is 5.33. The normalized spacial score (nSPS) is 26.1. The second kappa shape index (κ2) is 5.87. The van der Waals surface area contributed by atoms with Crippen LogP contribution in [0.4, 0.5) is 0 Å². The van der Waals surface area contributed by atoms with Gasteiger partial charge in [-0.2, -0.15) is 0 Å². The molecule has 1 aromatic carbocycles. The molecule has 0 heterocycles. The number of carbonyl (C=O) groups excluding carboxylic acids is 1. The van der Waals surface area contributed by atoms with Gasteiger partial charge in [0.05, 0.1) is 11.8 Å². The van der Waals surface area contributed by atoms with Crippen molar-refractivity contribution in [3.63, 3.8) is 0 Å². The van der Waals surface area contributed by atoms with Crippen molar-refractivity contribution in [2.45, 2.75) is 26.3 Å². The van der Waals surface area contributed by atoms with Gasteiger partial charge in [-0.1, -0.05) is 37.3 Å². The lowest BCUT2D eigenvalue weighted by molar-refractivity contribution is -0.146. The average molecular weight is 261 g/mol. The standard InChI is InChI=1S/C15H19NO3/c1-10-7-12(13(8-10)15(18)19)14(17)16-9-11-5-3-2-4-6-11/h2-6,10,12-13H,7-9H2,1H3,(H,16,17)(H,18,19). The number of hydrogen-bond donors (Lipinski definition) is 2. The summed E-state index contributed by atoms with van der Waals surface area (Å²) in [5.74, 6) is -1.62. The molecule has 3 atom stereocenters. The number of benzene rings is 1. The number of nitrogens with one attached hydrogen (secondary N) is 1. The molecular weight excluding hydrogens is 242 g/mol. The Morgan fingerprint density at radius 2 is 1.84 bits per heavy atom. The summed E-state index contributed by atoms with van der Waals surface area (Å²) in [4.78, 5) is 23.3. The van der Waals surface area contributed by atoms with Crippen LogP contribution in [0.5, 0.6) is 0 Å². The molecule has 4 nitrogen and oxygen atoms in total. The van der Waals surface area contributed by atoms with E-state index in [2.05, 4.69) is 5.32 Å². The predicted octanol–water partition coefficient (Wildman–Crippen LogP) is 2.05. The van der Waals surface area contributed by atoms with Crippen molar-refractivity contribution >= 4 is 11.9 Å². The van der Waals surface area contributed by atoms with Crippen LogP contribution in [0, 0.1) is 17.8 Å². The van der Waals surface area contributed by atoms with E-state index in [1.54, 1.807) is 0 Å². The predicted molar refractivity (Wildman–Crippen MR) is 71.3 cm³/mol. The molecule has 102 valence electrons. The summed E-state index contributed by atoms with van der Waals surface area (Å²) in [5.41, 5.74) is 1.02. The molecule has 1 saturated carbocycles. The summed E-state index contributed by atoms with van der Waals surface area (Å²) < 4.78 is 0. The van der Waals surface area contributed by atoms with Crippen molar-refractivity contribution in [3.05, 3.63) is 35.9 Å². The zero-order chi connectivity index (χ0) is 13.8. The number of aliphatic carboxylic acids is 1. The van der Waals surface area contributed by atoms with Gasteiger partial charge in [-0.15, -0.1) is 0 Å². The molecule has 1 fully saturated rings. The number of hydrogen-bond acceptors (Lipinski definition) is 2. The first-order valence-corrected chi connectivity index (χ1v) is 6.62. The smallest absolute Gasteiger partial charge is 0.307 e. The number of amides is 1. The van der Waals surface area contributed by atoms with Gasteiger partial charge < -0.3 is 10.4 Å². The van der Waals surface area contributed by atoms with E-state index in [0.717, 1.165) is 5.56 Å². The molecule has 2 rings (SSSR count). The molecule has 1 amide bonds. The van der Waals surface area contributed by atoms with Crippen LogP contribution in [0.15, 0.2) is 30.3 Å². The zero-order valence-electron chi connectivity index (χ0n) is 11.0. The number of carbonyl (C=O) groups is 2. The highest BCUT2D eigenvalue weighted by atomic mass is 16.4.